The number of carbonyl (C=O) groups is 1. The monoisotopic (exact) mass is 195 g/mol. The Morgan fingerprint density at radius 2 is 2.36 bits per heavy atom. The van der Waals surface area contributed by atoms with E-state index in [9.17, 15) is 9.18 Å². The Kier molecular flexibility index (Phi) is 2.11. The number of rotatable bonds is 1. The van der Waals surface area contributed by atoms with E-state index in [1.807, 2.05) is 0 Å². The highest BCUT2D eigenvalue weighted by Gasteiger charge is 2.25. The molecule has 0 spiro atoms. The van der Waals surface area contributed by atoms with Crippen molar-refractivity contribution in [1.82, 2.24) is 0 Å². The molecule has 0 fully saturated rings. The predicted molar refractivity (Wildman–Crippen MR) is 49.7 cm³/mol. The summed E-state index contributed by atoms with van der Waals surface area (Å²) in [5.41, 5.74) is 1.19. The number of halogens is 1. The molecule has 0 bridgehead atoms. The van der Waals surface area contributed by atoms with Crippen molar-refractivity contribution in [1.29, 1.82) is 0 Å². The van der Waals surface area contributed by atoms with E-state index in [1.54, 1.807) is 12.1 Å². The zero-order valence-corrected chi connectivity index (χ0v) is 7.46. The highest BCUT2D eigenvalue weighted by molar-refractivity contribution is 5.73. The summed E-state index contributed by atoms with van der Waals surface area (Å²) in [6.45, 7) is 0.295. The zero-order chi connectivity index (χ0) is 10.1. The Morgan fingerprint density at radius 3 is 3.07 bits per heavy atom. The molecule has 14 heavy (non-hydrogen) atoms. The van der Waals surface area contributed by atoms with Crippen molar-refractivity contribution >= 4 is 11.7 Å². The van der Waals surface area contributed by atoms with E-state index >= 15 is 0 Å². The number of para-hydroxylation sites is 1. The summed E-state index contributed by atoms with van der Waals surface area (Å²) < 4.78 is 13.2. The fraction of sp³-hybridized carbons (Fsp3) is 0.300. The molecule has 74 valence electrons. The highest BCUT2D eigenvalue weighted by Crippen LogP contribution is 2.27. The van der Waals surface area contributed by atoms with Gasteiger partial charge in [0.25, 0.3) is 0 Å². The molecule has 0 saturated carbocycles. The van der Waals surface area contributed by atoms with E-state index in [-0.39, 0.29) is 5.82 Å². The molecule has 1 aliphatic heterocycles. The van der Waals surface area contributed by atoms with E-state index in [4.69, 9.17) is 5.11 Å². The van der Waals surface area contributed by atoms with Crippen molar-refractivity contribution in [2.24, 2.45) is 5.92 Å². The second-order valence-electron chi connectivity index (χ2n) is 3.39. The Balaban J connectivity index is 2.31. The van der Waals surface area contributed by atoms with Gasteiger partial charge in [-0.15, -0.1) is 0 Å². The third kappa shape index (κ3) is 1.43. The van der Waals surface area contributed by atoms with Crippen molar-refractivity contribution in [2.45, 2.75) is 6.42 Å². The molecule has 0 saturated heterocycles. The number of hydrogen-bond donors (Lipinski definition) is 2. The molecule has 1 aliphatic rings. The summed E-state index contributed by atoms with van der Waals surface area (Å²) in [6, 6.07) is 4.72. The fourth-order valence-corrected chi connectivity index (χ4v) is 1.67. The van der Waals surface area contributed by atoms with Crippen LogP contribution in [0.3, 0.4) is 0 Å². The number of fused-ring (bicyclic) bond motifs is 1. The van der Waals surface area contributed by atoms with Crippen LogP contribution in [0.25, 0.3) is 0 Å². The van der Waals surface area contributed by atoms with Crippen LogP contribution < -0.4 is 5.32 Å². The van der Waals surface area contributed by atoms with Crippen LogP contribution >= 0.6 is 0 Å². The van der Waals surface area contributed by atoms with Crippen LogP contribution in [0.15, 0.2) is 18.2 Å². The van der Waals surface area contributed by atoms with E-state index in [0.717, 1.165) is 5.56 Å². The van der Waals surface area contributed by atoms with Crippen molar-refractivity contribution < 1.29 is 14.3 Å². The maximum atomic E-state index is 13.2. The quantitative estimate of drug-likeness (QED) is 0.713. The number of carboxylic acid groups (broad SMARTS) is 1. The number of carboxylic acids is 1. The number of benzene rings is 1. The molecule has 3 nitrogen and oxygen atoms in total. The van der Waals surface area contributed by atoms with Crippen molar-refractivity contribution in [2.75, 3.05) is 11.9 Å². The SMILES string of the molecule is O=C(O)[C@@H]1CNc2c(F)cccc2C1. The molecule has 1 atom stereocenters. The smallest absolute Gasteiger partial charge is 0.308 e. The summed E-state index contributed by atoms with van der Waals surface area (Å²) in [5.74, 6) is -1.61. The summed E-state index contributed by atoms with van der Waals surface area (Å²) in [5, 5.41) is 11.6. The summed E-state index contributed by atoms with van der Waals surface area (Å²) in [4.78, 5) is 10.7. The maximum absolute atomic E-state index is 13.2. The van der Waals surface area contributed by atoms with Gasteiger partial charge >= 0.3 is 5.97 Å². The van der Waals surface area contributed by atoms with Gasteiger partial charge in [0.2, 0.25) is 0 Å². The normalized spacial score (nSPS) is 19.6. The Bertz CT molecular complexity index is 378. The lowest BCUT2D eigenvalue weighted by molar-refractivity contribution is -0.141. The maximum Gasteiger partial charge on any atom is 0.308 e. The number of aliphatic carboxylic acids is 1. The first-order valence-corrected chi connectivity index (χ1v) is 4.42. The lowest BCUT2D eigenvalue weighted by atomic mass is 9.94. The van der Waals surface area contributed by atoms with Gasteiger partial charge in [-0.1, -0.05) is 12.1 Å². The van der Waals surface area contributed by atoms with Crippen LogP contribution in [-0.2, 0) is 11.2 Å². The van der Waals surface area contributed by atoms with Crippen molar-refractivity contribution in [3.8, 4) is 0 Å². The molecule has 0 radical (unpaired) electrons. The average Bonchev–Trinajstić information content (AvgIpc) is 2.17. The van der Waals surface area contributed by atoms with Crippen molar-refractivity contribution in [3.63, 3.8) is 0 Å². The first-order chi connectivity index (χ1) is 6.68. The molecule has 4 heteroatoms. The fourth-order valence-electron chi connectivity index (χ4n) is 1.67. The molecule has 0 unspecified atom stereocenters. The second kappa shape index (κ2) is 3.29. The van der Waals surface area contributed by atoms with Gasteiger partial charge in [0.1, 0.15) is 5.82 Å². The Hall–Kier alpha value is -1.58. The third-order valence-electron chi connectivity index (χ3n) is 2.44. The topological polar surface area (TPSA) is 49.3 Å². The van der Waals surface area contributed by atoms with Gasteiger partial charge in [-0.05, 0) is 18.1 Å². The first kappa shape index (κ1) is 8.99. The highest BCUT2D eigenvalue weighted by atomic mass is 19.1. The van der Waals surface area contributed by atoms with Gasteiger partial charge in [-0.2, -0.15) is 0 Å². The Labute approximate surface area is 80.6 Å². The van der Waals surface area contributed by atoms with Crippen LogP contribution in [0.1, 0.15) is 5.56 Å². The van der Waals surface area contributed by atoms with E-state index in [0.29, 0.717) is 18.7 Å². The molecular formula is C10H10FNO2. The van der Waals surface area contributed by atoms with Crippen LogP contribution in [-0.4, -0.2) is 17.6 Å². The molecule has 0 aliphatic carbocycles. The molecule has 2 N–H and O–H groups in total. The van der Waals surface area contributed by atoms with E-state index in [2.05, 4.69) is 5.32 Å². The number of anilines is 1. The van der Waals surface area contributed by atoms with E-state index < -0.39 is 11.9 Å². The van der Waals surface area contributed by atoms with Crippen LogP contribution in [0.5, 0.6) is 0 Å². The molecule has 0 amide bonds. The number of hydrogen-bond acceptors (Lipinski definition) is 2. The predicted octanol–water partition coefficient (Wildman–Crippen LogP) is 1.49. The molecule has 1 heterocycles. The van der Waals surface area contributed by atoms with Gasteiger partial charge in [0, 0.05) is 6.54 Å². The summed E-state index contributed by atoms with van der Waals surface area (Å²) >= 11 is 0. The lowest BCUT2D eigenvalue weighted by Gasteiger charge is -2.23. The van der Waals surface area contributed by atoms with Crippen molar-refractivity contribution in [3.05, 3.63) is 29.6 Å². The first-order valence-electron chi connectivity index (χ1n) is 4.42. The van der Waals surface area contributed by atoms with Gasteiger partial charge in [-0.3, -0.25) is 4.79 Å². The minimum Gasteiger partial charge on any atom is -0.481 e. The number of nitrogens with one attached hydrogen (secondary N) is 1. The average molecular weight is 195 g/mol. The summed E-state index contributed by atoms with van der Waals surface area (Å²) in [6.07, 6.45) is 0.398. The van der Waals surface area contributed by atoms with Crippen LogP contribution in [0.4, 0.5) is 10.1 Å². The van der Waals surface area contributed by atoms with E-state index in [1.165, 1.54) is 6.07 Å². The second-order valence-corrected chi connectivity index (χ2v) is 3.39. The molecule has 0 aromatic heterocycles. The summed E-state index contributed by atoms with van der Waals surface area (Å²) in [7, 11) is 0. The van der Waals surface area contributed by atoms with Gasteiger partial charge in [-0.25, -0.2) is 4.39 Å². The molecule has 1 aromatic rings. The van der Waals surface area contributed by atoms with Gasteiger partial charge < -0.3 is 10.4 Å². The van der Waals surface area contributed by atoms with Gasteiger partial charge in [0.15, 0.2) is 0 Å². The van der Waals surface area contributed by atoms with Gasteiger partial charge in [0.05, 0.1) is 11.6 Å². The molecular weight excluding hydrogens is 185 g/mol. The van der Waals surface area contributed by atoms with Crippen LogP contribution in [0.2, 0.25) is 0 Å². The third-order valence-corrected chi connectivity index (χ3v) is 2.44. The minimum atomic E-state index is -0.840. The Morgan fingerprint density at radius 1 is 1.57 bits per heavy atom. The minimum absolute atomic E-state index is 0.295. The molecule has 1 aromatic carbocycles. The lowest BCUT2D eigenvalue weighted by Crippen LogP contribution is -2.29. The molecule has 2 rings (SSSR count). The largest absolute Gasteiger partial charge is 0.481 e. The van der Waals surface area contributed by atoms with Crippen LogP contribution in [0, 0.1) is 11.7 Å². The standard InChI is InChI=1S/C10H10FNO2/c11-8-3-1-2-6-4-7(10(13)14)5-12-9(6)8/h1-3,7,12H,4-5H2,(H,13,14)/t7-/m0/s1. The zero-order valence-electron chi connectivity index (χ0n) is 7.46.